The molecule has 1 aliphatic carbocycles. The average Bonchev–Trinajstić information content (AvgIpc) is 3.10. The lowest BCUT2D eigenvalue weighted by atomic mass is 9.82. The molecule has 0 saturated heterocycles. The van der Waals surface area contributed by atoms with Crippen molar-refractivity contribution < 1.29 is 19.4 Å². The van der Waals surface area contributed by atoms with E-state index in [0.717, 1.165) is 68.3 Å². The zero-order valence-electron chi connectivity index (χ0n) is 21.8. The van der Waals surface area contributed by atoms with E-state index in [-0.39, 0.29) is 5.91 Å². The predicted molar refractivity (Wildman–Crippen MR) is 141 cm³/mol. The van der Waals surface area contributed by atoms with E-state index in [2.05, 4.69) is 31.2 Å². The van der Waals surface area contributed by atoms with Gasteiger partial charge in [0.05, 0.1) is 6.54 Å². The lowest BCUT2D eigenvalue weighted by Crippen LogP contribution is -2.43. The van der Waals surface area contributed by atoms with Crippen LogP contribution in [0.2, 0.25) is 0 Å². The highest BCUT2D eigenvalue weighted by molar-refractivity contribution is 6.08. The summed E-state index contributed by atoms with van der Waals surface area (Å²) in [4.78, 5) is 31.8. The van der Waals surface area contributed by atoms with E-state index in [4.69, 9.17) is 9.73 Å². The van der Waals surface area contributed by atoms with Crippen molar-refractivity contribution in [2.45, 2.75) is 96.2 Å². The number of unbranched alkanes of at least 4 members (excludes halogenated alkanes) is 1. The number of carboxylic acid groups (broad SMARTS) is 1. The van der Waals surface area contributed by atoms with Gasteiger partial charge in [-0.2, -0.15) is 0 Å². The smallest absolute Gasteiger partial charge is 0.347 e. The van der Waals surface area contributed by atoms with Gasteiger partial charge in [-0.25, -0.2) is 4.79 Å². The fourth-order valence-electron chi connectivity index (χ4n) is 5.07. The molecule has 1 saturated carbocycles. The van der Waals surface area contributed by atoms with Crippen molar-refractivity contribution in [2.24, 2.45) is 4.99 Å². The van der Waals surface area contributed by atoms with Crippen LogP contribution in [0.3, 0.4) is 0 Å². The van der Waals surface area contributed by atoms with Crippen molar-refractivity contribution in [1.29, 1.82) is 0 Å². The summed E-state index contributed by atoms with van der Waals surface area (Å²) in [5, 5.41) is 9.24. The van der Waals surface area contributed by atoms with Gasteiger partial charge in [-0.1, -0.05) is 69.0 Å². The minimum Gasteiger partial charge on any atom is -0.478 e. The number of amides is 1. The van der Waals surface area contributed by atoms with Crippen LogP contribution in [0.25, 0.3) is 0 Å². The number of nitrogens with zero attached hydrogens (tertiary/aromatic N) is 2. The molecule has 2 aromatic rings. The topological polar surface area (TPSA) is 79.2 Å². The minimum atomic E-state index is -1.27. The summed E-state index contributed by atoms with van der Waals surface area (Å²) in [6, 6.07) is 16.0. The Morgan fingerprint density at radius 1 is 1.00 bits per heavy atom. The van der Waals surface area contributed by atoms with Crippen molar-refractivity contribution in [3.05, 3.63) is 65.2 Å². The molecule has 192 valence electrons. The number of aliphatic carboxylic acids is 1. The SMILES string of the molecule is CCCCC1=NC2(CCCCC2)C(=O)N1Cc1ccc(Cc2ccc(OC(C)(C)C(=O)O)cc2)cc1. The van der Waals surface area contributed by atoms with Crippen molar-refractivity contribution in [3.63, 3.8) is 0 Å². The molecule has 2 aromatic carbocycles. The number of rotatable bonds is 10. The Hall–Kier alpha value is -3.15. The number of amidine groups is 1. The average molecular weight is 491 g/mol. The van der Waals surface area contributed by atoms with Gasteiger partial charge in [-0.3, -0.25) is 14.7 Å². The Kier molecular flexibility index (Phi) is 7.82. The molecule has 0 bridgehead atoms. The Balaban J connectivity index is 1.40. The van der Waals surface area contributed by atoms with Gasteiger partial charge in [0.2, 0.25) is 0 Å². The maximum absolute atomic E-state index is 13.5. The molecule has 6 heteroatoms. The second-order valence-electron chi connectivity index (χ2n) is 10.7. The standard InChI is InChI=1S/C30H38N2O4/c1-4-5-9-26-31-30(18-7-6-8-19-30)27(33)32(26)21-24-12-10-22(11-13-24)20-23-14-16-25(17-15-23)36-29(2,3)28(34)35/h10-17H,4-9,18-21H2,1-3H3,(H,34,35). The molecule has 1 spiro atoms. The number of carboxylic acids is 1. The Bertz CT molecular complexity index is 1100. The maximum Gasteiger partial charge on any atom is 0.347 e. The number of ether oxygens (including phenoxy) is 1. The molecule has 4 rings (SSSR count). The normalized spacial score (nSPS) is 17.4. The van der Waals surface area contributed by atoms with Crippen LogP contribution >= 0.6 is 0 Å². The first kappa shape index (κ1) is 25.9. The predicted octanol–water partition coefficient (Wildman–Crippen LogP) is 6.15. The molecule has 36 heavy (non-hydrogen) atoms. The molecule has 2 aliphatic rings. The maximum atomic E-state index is 13.5. The summed E-state index contributed by atoms with van der Waals surface area (Å²) >= 11 is 0. The summed E-state index contributed by atoms with van der Waals surface area (Å²) in [6.07, 6.45) is 8.91. The lowest BCUT2D eigenvalue weighted by molar-refractivity contribution is -0.152. The van der Waals surface area contributed by atoms with Crippen LogP contribution in [0, 0.1) is 0 Å². The molecular formula is C30H38N2O4. The number of hydrogen-bond acceptors (Lipinski definition) is 4. The van der Waals surface area contributed by atoms with Gasteiger partial charge in [-0.05, 0) is 68.4 Å². The molecule has 1 fully saturated rings. The third-order valence-electron chi connectivity index (χ3n) is 7.32. The largest absolute Gasteiger partial charge is 0.478 e. The third kappa shape index (κ3) is 5.80. The Morgan fingerprint density at radius 3 is 2.17 bits per heavy atom. The second-order valence-corrected chi connectivity index (χ2v) is 10.7. The summed E-state index contributed by atoms with van der Waals surface area (Å²) < 4.78 is 5.59. The minimum absolute atomic E-state index is 0.200. The molecule has 0 aromatic heterocycles. The number of carbonyl (C=O) groups is 2. The van der Waals surface area contributed by atoms with E-state index in [1.54, 1.807) is 0 Å². The summed E-state index contributed by atoms with van der Waals surface area (Å²) in [5.74, 6) is 0.708. The Morgan fingerprint density at radius 2 is 1.58 bits per heavy atom. The van der Waals surface area contributed by atoms with Crippen LogP contribution in [0.1, 0.15) is 88.8 Å². The van der Waals surface area contributed by atoms with Crippen molar-refractivity contribution in [2.75, 3.05) is 0 Å². The number of carbonyl (C=O) groups excluding carboxylic acids is 1. The number of aliphatic imine (C=N–C) groups is 1. The van der Waals surface area contributed by atoms with Gasteiger partial charge in [-0.15, -0.1) is 0 Å². The summed E-state index contributed by atoms with van der Waals surface area (Å²) in [6.45, 7) is 5.82. The molecule has 0 unspecified atom stereocenters. The fraction of sp³-hybridized carbons (Fsp3) is 0.500. The first-order valence-electron chi connectivity index (χ1n) is 13.2. The quantitative estimate of drug-likeness (QED) is 0.433. The van der Waals surface area contributed by atoms with Gasteiger partial charge in [0, 0.05) is 6.42 Å². The van der Waals surface area contributed by atoms with Crippen LogP contribution in [-0.4, -0.2) is 38.9 Å². The third-order valence-corrected chi connectivity index (χ3v) is 7.32. The van der Waals surface area contributed by atoms with E-state index in [0.29, 0.717) is 12.3 Å². The molecule has 1 N–H and O–H groups in total. The highest BCUT2D eigenvalue weighted by Crippen LogP contribution is 2.38. The van der Waals surface area contributed by atoms with E-state index < -0.39 is 17.1 Å². The first-order valence-corrected chi connectivity index (χ1v) is 13.2. The van der Waals surface area contributed by atoms with E-state index in [1.807, 2.05) is 29.2 Å². The van der Waals surface area contributed by atoms with Gasteiger partial charge < -0.3 is 9.84 Å². The van der Waals surface area contributed by atoms with Gasteiger partial charge in [0.15, 0.2) is 5.60 Å². The molecule has 0 radical (unpaired) electrons. The van der Waals surface area contributed by atoms with Crippen LogP contribution in [0.5, 0.6) is 5.75 Å². The van der Waals surface area contributed by atoms with Gasteiger partial charge >= 0.3 is 5.97 Å². The van der Waals surface area contributed by atoms with Crippen LogP contribution in [0.15, 0.2) is 53.5 Å². The number of hydrogen-bond donors (Lipinski definition) is 1. The zero-order valence-corrected chi connectivity index (χ0v) is 21.8. The van der Waals surface area contributed by atoms with Crippen LogP contribution < -0.4 is 4.74 Å². The van der Waals surface area contributed by atoms with Crippen molar-refractivity contribution >= 4 is 17.7 Å². The van der Waals surface area contributed by atoms with Crippen molar-refractivity contribution in [1.82, 2.24) is 4.90 Å². The first-order chi connectivity index (χ1) is 17.2. The van der Waals surface area contributed by atoms with Crippen molar-refractivity contribution in [3.8, 4) is 5.75 Å². The second kappa shape index (κ2) is 10.9. The monoisotopic (exact) mass is 490 g/mol. The summed E-state index contributed by atoms with van der Waals surface area (Å²) in [7, 11) is 0. The van der Waals surface area contributed by atoms with Crippen LogP contribution in [-0.2, 0) is 22.6 Å². The highest BCUT2D eigenvalue weighted by atomic mass is 16.5. The lowest BCUT2D eigenvalue weighted by Gasteiger charge is -2.29. The van der Waals surface area contributed by atoms with E-state index >= 15 is 0 Å². The highest BCUT2D eigenvalue weighted by Gasteiger charge is 2.48. The molecule has 6 nitrogen and oxygen atoms in total. The molecule has 1 aliphatic heterocycles. The molecule has 1 amide bonds. The summed E-state index contributed by atoms with van der Waals surface area (Å²) in [5.41, 5.74) is 1.63. The molecular weight excluding hydrogens is 452 g/mol. The molecule has 0 atom stereocenters. The van der Waals surface area contributed by atoms with Crippen LogP contribution in [0.4, 0.5) is 0 Å². The zero-order chi connectivity index (χ0) is 25.8. The van der Waals surface area contributed by atoms with E-state index in [1.165, 1.54) is 25.8 Å². The number of benzene rings is 2. The fourth-order valence-corrected chi connectivity index (χ4v) is 5.07. The molecule has 1 heterocycles. The van der Waals surface area contributed by atoms with Gasteiger partial charge in [0.1, 0.15) is 17.1 Å². The van der Waals surface area contributed by atoms with E-state index in [9.17, 15) is 14.7 Å². The Labute approximate surface area is 214 Å². The van der Waals surface area contributed by atoms with Gasteiger partial charge in [0.25, 0.3) is 5.91 Å².